The highest BCUT2D eigenvalue weighted by atomic mass is 16.4. The van der Waals surface area contributed by atoms with Gasteiger partial charge in [0.25, 0.3) is 5.91 Å². The SMILES string of the molecule is CN(NC(=O)CCN1C(=O)N(C)C2(CC(C)(C)N(C)C(C)(C)C2)C1=O)C(=O)CCC(=O)O. The molecule has 5 amide bonds. The van der Waals surface area contributed by atoms with Crippen molar-refractivity contribution in [2.24, 2.45) is 0 Å². The van der Waals surface area contributed by atoms with Crippen LogP contribution in [0, 0.1) is 0 Å². The summed E-state index contributed by atoms with van der Waals surface area (Å²) in [6.07, 6.45) is 0.189. The standard InChI is InChI=1S/C21H35N5O6/c1-19(2)12-21(13-20(3,4)25(19)7)17(31)26(18(32)23(21)5)11-10-14(27)22-24(6)15(28)8-9-16(29)30/h8-13H2,1-7H3,(H,22,27)(H,29,30). The maximum Gasteiger partial charge on any atom is 0.327 e. The van der Waals surface area contributed by atoms with Crippen LogP contribution in [0.25, 0.3) is 0 Å². The van der Waals surface area contributed by atoms with Crippen molar-refractivity contribution in [3.8, 4) is 0 Å². The number of nitrogens with one attached hydrogen (secondary N) is 1. The fourth-order valence-corrected chi connectivity index (χ4v) is 4.88. The van der Waals surface area contributed by atoms with Crippen molar-refractivity contribution in [3.05, 3.63) is 0 Å². The molecule has 11 nitrogen and oxygen atoms in total. The summed E-state index contributed by atoms with van der Waals surface area (Å²) in [4.78, 5) is 66.0. The van der Waals surface area contributed by atoms with Crippen LogP contribution in [-0.2, 0) is 19.2 Å². The minimum atomic E-state index is -1.11. The molecule has 2 rings (SSSR count). The maximum atomic E-state index is 13.5. The number of carboxylic acid groups (broad SMARTS) is 1. The summed E-state index contributed by atoms with van der Waals surface area (Å²) in [6.45, 7) is 8.09. The van der Waals surface area contributed by atoms with Crippen molar-refractivity contribution in [1.82, 2.24) is 25.1 Å². The van der Waals surface area contributed by atoms with E-state index in [0.29, 0.717) is 12.8 Å². The second-order valence-corrected chi connectivity index (χ2v) is 10.00. The van der Waals surface area contributed by atoms with Crippen molar-refractivity contribution < 1.29 is 29.1 Å². The number of imide groups is 1. The number of carbonyl (C=O) groups is 5. The van der Waals surface area contributed by atoms with E-state index in [1.54, 1.807) is 7.05 Å². The Bertz CT molecular complexity index is 805. The van der Waals surface area contributed by atoms with Gasteiger partial charge < -0.3 is 10.0 Å². The number of urea groups is 1. The molecule has 0 aromatic carbocycles. The number of hydrogen-bond donors (Lipinski definition) is 2. The molecule has 1 spiro atoms. The van der Waals surface area contributed by atoms with Crippen LogP contribution in [-0.4, -0.2) is 98.8 Å². The predicted molar refractivity (Wildman–Crippen MR) is 115 cm³/mol. The quantitative estimate of drug-likeness (QED) is 0.446. The Morgan fingerprint density at radius 3 is 2.03 bits per heavy atom. The summed E-state index contributed by atoms with van der Waals surface area (Å²) in [5.41, 5.74) is 0.736. The Labute approximate surface area is 188 Å². The molecule has 2 fully saturated rings. The topological polar surface area (TPSA) is 131 Å². The average molecular weight is 454 g/mol. The lowest BCUT2D eigenvalue weighted by molar-refractivity contribution is -0.145. The summed E-state index contributed by atoms with van der Waals surface area (Å²) in [7, 11) is 4.97. The third-order valence-corrected chi connectivity index (χ3v) is 6.85. The van der Waals surface area contributed by atoms with Gasteiger partial charge in [-0.25, -0.2) is 4.79 Å². The molecule has 0 atom stereocenters. The summed E-state index contributed by atoms with van der Waals surface area (Å²) >= 11 is 0. The van der Waals surface area contributed by atoms with E-state index >= 15 is 0 Å². The number of likely N-dealkylation sites (tertiary alicyclic amines) is 1. The minimum absolute atomic E-state index is 0.108. The van der Waals surface area contributed by atoms with Crippen LogP contribution < -0.4 is 5.43 Å². The van der Waals surface area contributed by atoms with Crippen LogP contribution in [0.1, 0.15) is 59.8 Å². The van der Waals surface area contributed by atoms with Gasteiger partial charge in [-0.05, 0) is 47.6 Å². The molecule has 2 N–H and O–H groups in total. The third-order valence-electron chi connectivity index (χ3n) is 6.85. The van der Waals surface area contributed by atoms with Crippen LogP contribution in [0.2, 0.25) is 0 Å². The molecule has 2 aliphatic rings. The summed E-state index contributed by atoms with van der Waals surface area (Å²) in [6, 6.07) is -0.440. The van der Waals surface area contributed by atoms with Crippen molar-refractivity contribution in [2.45, 2.75) is 76.4 Å². The highest BCUT2D eigenvalue weighted by Crippen LogP contribution is 2.48. The monoisotopic (exact) mass is 453 g/mol. The van der Waals surface area contributed by atoms with Gasteiger partial charge in [0.1, 0.15) is 5.54 Å². The molecule has 2 saturated heterocycles. The van der Waals surface area contributed by atoms with Gasteiger partial charge in [0.05, 0.1) is 6.42 Å². The maximum absolute atomic E-state index is 13.5. The van der Waals surface area contributed by atoms with E-state index in [2.05, 4.69) is 38.0 Å². The van der Waals surface area contributed by atoms with Gasteiger partial charge in [-0.3, -0.25) is 39.4 Å². The molecule has 0 aromatic heterocycles. The molecule has 0 aromatic rings. The molecule has 2 aliphatic heterocycles. The first-order chi connectivity index (χ1) is 14.5. The highest BCUT2D eigenvalue weighted by molar-refractivity contribution is 6.07. The van der Waals surface area contributed by atoms with E-state index in [-0.39, 0.29) is 42.8 Å². The molecule has 180 valence electrons. The van der Waals surface area contributed by atoms with E-state index in [1.807, 2.05) is 7.05 Å². The van der Waals surface area contributed by atoms with E-state index in [4.69, 9.17) is 5.11 Å². The first-order valence-corrected chi connectivity index (χ1v) is 10.7. The number of rotatable bonds is 6. The number of likely N-dealkylation sites (N-methyl/N-ethyl adjacent to an activating group) is 1. The average Bonchev–Trinajstić information content (AvgIpc) is 2.83. The molecule has 11 heteroatoms. The van der Waals surface area contributed by atoms with Gasteiger partial charge in [0.15, 0.2) is 0 Å². The number of hydrazine groups is 1. The van der Waals surface area contributed by atoms with Gasteiger partial charge >= 0.3 is 12.0 Å². The predicted octanol–water partition coefficient (Wildman–Crippen LogP) is 0.647. The number of hydrogen-bond acceptors (Lipinski definition) is 6. The van der Waals surface area contributed by atoms with E-state index in [1.165, 1.54) is 11.9 Å². The molecular formula is C21H35N5O6. The van der Waals surface area contributed by atoms with Gasteiger partial charge in [-0.15, -0.1) is 0 Å². The zero-order chi connectivity index (χ0) is 24.6. The number of carbonyl (C=O) groups excluding carboxylic acids is 4. The van der Waals surface area contributed by atoms with Crippen LogP contribution in [0.3, 0.4) is 0 Å². The number of aliphatic carboxylic acids is 1. The number of carboxylic acids is 1. The molecule has 0 aliphatic carbocycles. The Hall–Kier alpha value is -2.69. The molecule has 0 saturated carbocycles. The summed E-state index contributed by atoms with van der Waals surface area (Å²) in [5, 5.41) is 9.58. The number of nitrogens with zero attached hydrogens (tertiary/aromatic N) is 4. The van der Waals surface area contributed by atoms with E-state index in [0.717, 1.165) is 9.91 Å². The fraction of sp³-hybridized carbons (Fsp3) is 0.762. The van der Waals surface area contributed by atoms with Crippen LogP contribution in [0.15, 0.2) is 0 Å². The Balaban J connectivity index is 2.06. The lowest BCUT2D eigenvalue weighted by Crippen LogP contribution is -2.68. The largest absolute Gasteiger partial charge is 0.481 e. The summed E-state index contributed by atoms with van der Waals surface area (Å²) in [5.74, 6) is -2.52. The van der Waals surface area contributed by atoms with Gasteiger partial charge in [0, 0.05) is 44.6 Å². The Morgan fingerprint density at radius 2 is 1.53 bits per heavy atom. The van der Waals surface area contributed by atoms with Gasteiger partial charge in [0.2, 0.25) is 11.8 Å². The van der Waals surface area contributed by atoms with Crippen molar-refractivity contribution in [3.63, 3.8) is 0 Å². The molecule has 0 unspecified atom stereocenters. The van der Waals surface area contributed by atoms with Crippen molar-refractivity contribution in [1.29, 1.82) is 0 Å². The lowest BCUT2D eigenvalue weighted by Gasteiger charge is -2.57. The zero-order valence-corrected chi connectivity index (χ0v) is 20.0. The Morgan fingerprint density at radius 1 is 1.00 bits per heavy atom. The van der Waals surface area contributed by atoms with Gasteiger partial charge in [-0.2, -0.15) is 0 Å². The number of piperidine rings is 1. The molecule has 0 radical (unpaired) electrons. The summed E-state index contributed by atoms with van der Waals surface area (Å²) < 4.78 is 0. The zero-order valence-electron chi connectivity index (χ0n) is 20.0. The fourth-order valence-electron chi connectivity index (χ4n) is 4.88. The Kier molecular flexibility index (Phi) is 6.94. The second kappa shape index (κ2) is 8.68. The lowest BCUT2D eigenvalue weighted by atomic mass is 9.68. The number of amides is 5. The molecular weight excluding hydrogens is 418 g/mol. The van der Waals surface area contributed by atoms with E-state index in [9.17, 15) is 24.0 Å². The first kappa shape index (κ1) is 25.6. The second-order valence-electron chi connectivity index (χ2n) is 10.00. The minimum Gasteiger partial charge on any atom is -0.481 e. The van der Waals surface area contributed by atoms with Crippen LogP contribution in [0.4, 0.5) is 4.79 Å². The third kappa shape index (κ3) is 4.72. The molecule has 0 bridgehead atoms. The van der Waals surface area contributed by atoms with Crippen LogP contribution >= 0.6 is 0 Å². The smallest absolute Gasteiger partial charge is 0.327 e. The molecule has 2 heterocycles. The van der Waals surface area contributed by atoms with Crippen molar-refractivity contribution in [2.75, 3.05) is 27.7 Å². The molecule has 32 heavy (non-hydrogen) atoms. The van der Waals surface area contributed by atoms with Crippen molar-refractivity contribution >= 4 is 29.7 Å². The first-order valence-electron chi connectivity index (χ1n) is 10.7. The van der Waals surface area contributed by atoms with Crippen LogP contribution in [0.5, 0.6) is 0 Å². The normalized spacial score (nSPS) is 21.7. The van der Waals surface area contributed by atoms with Gasteiger partial charge in [-0.1, -0.05) is 0 Å². The van der Waals surface area contributed by atoms with E-state index < -0.39 is 29.4 Å². The highest BCUT2D eigenvalue weighted by Gasteiger charge is 2.63.